The van der Waals surface area contributed by atoms with Crippen molar-refractivity contribution in [3.8, 4) is 0 Å². The molecule has 0 bridgehead atoms. The molecule has 0 aromatic rings. The average molecular weight is 534 g/mol. The summed E-state index contributed by atoms with van der Waals surface area (Å²) in [4.78, 5) is 49.3. The summed E-state index contributed by atoms with van der Waals surface area (Å²) in [7, 11) is 0. The smallest absolute Gasteiger partial charge is 0.395 e. The van der Waals surface area contributed by atoms with Crippen molar-refractivity contribution in [1.82, 2.24) is 0 Å². The van der Waals surface area contributed by atoms with Gasteiger partial charge in [0.2, 0.25) is 0 Å². The predicted octanol–water partition coefficient (Wildman–Crippen LogP) is -2.85. The molecular formula is C22H30O15. The first kappa shape index (κ1) is 33.6. The number of rotatable bonds is 18. The van der Waals surface area contributed by atoms with Crippen molar-refractivity contribution in [2.75, 3.05) is 39.6 Å². The van der Waals surface area contributed by atoms with Gasteiger partial charge in [0, 0.05) is 24.3 Å². The van der Waals surface area contributed by atoms with Crippen molar-refractivity contribution in [3.63, 3.8) is 0 Å². The minimum Gasteiger partial charge on any atom is -0.395 e. The van der Waals surface area contributed by atoms with E-state index in [1.807, 2.05) is 0 Å². The molecule has 0 aliphatic heterocycles. The number of aliphatic hydroxyl groups is 6. The van der Waals surface area contributed by atoms with E-state index >= 15 is 0 Å². The molecule has 0 fully saturated rings. The molecule has 15 nitrogen and oxygen atoms in total. The standard InChI is InChI=1S/C22H30O15/c1-5-15(29)33-21(34-16(30)6-2,19(9-23,10-24)11-25)37-22(35-17(31)7-3,36-18(32)8-4)20(12-26,13-27)14-28/h5-8,23-28H,1-4,9-14H2. The Bertz CT molecular complexity index is 739. The second-order valence-corrected chi connectivity index (χ2v) is 7.22. The lowest BCUT2D eigenvalue weighted by molar-refractivity contribution is -0.522. The van der Waals surface area contributed by atoms with Crippen LogP contribution in [0.5, 0.6) is 0 Å². The number of carbonyl (C=O) groups is 4. The Morgan fingerprint density at radius 1 is 0.486 bits per heavy atom. The summed E-state index contributed by atoms with van der Waals surface area (Å²) in [5.41, 5.74) is -5.55. The maximum absolute atomic E-state index is 12.3. The van der Waals surface area contributed by atoms with Crippen LogP contribution in [-0.2, 0) is 42.9 Å². The molecule has 0 atom stereocenters. The van der Waals surface area contributed by atoms with E-state index in [-0.39, 0.29) is 0 Å². The largest absolute Gasteiger partial charge is 0.395 e. The van der Waals surface area contributed by atoms with Gasteiger partial charge in [-0.25, -0.2) is 23.9 Å². The molecule has 0 saturated carbocycles. The van der Waals surface area contributed by atoms with Gasteiger partial charge in [-0.05, 0) is 0 Å². The van der Waals surface area contributed by atoms with Crippen molar-refractivity contribution in [1.29, 1.82) is 0 Å². The molecule has 0 unspecified atom stereocenters. The third-order valence-electron chi connectivity index (χ3n) is 4.99. The number of carbonyl (C=O) groups excluding carboxylic acids is 4. The Hall–Kier alpha value is -3.44. The molecule has 37 heavy (non-hydrogen) atoms. The molecule has 0 heterocycles. The lowest BCUT2D eigenvalue weighted by Gasteiger charge is -2.51. The predicted molar refractivity (Wildman–Crippen MR) is 119 cm³/mol. The zero-order valence-electron chi connectivity index (χ0n) is 19.7. The molecule has 0 spiro atoms. The number of hydrogen-bond acceptors (Lipinski definition) is 15. The first-order valence-electron chi connectivity index (χ1n) is 10.2. The van der Waals surface area contributed by atoms with Crippen LogP contribution in [-0.4, -0.2) is 106 Å². The summed E-state index contributed by atoms with van der Waals surface area (Å²) in [5, 5.41) is 60.5. The third kappa shape index (κ3) is 6.86. The fraction of sp³-hybridized carbons (Fsp3) is 0.455. The number of aliphatic hydroxyl groups excluding tert-OH is 6. The van der Waals surface area contributed by atoms with Gasteiger partial charge in [0.15, 0.2) is 0 Å². The van der Waals surface area contributed by atoms with Gasteiger partial charge in [-0.3, -0.25) is 0 Å². The van der Waals surface area contributed by atoms with Gasteiger partial charge in [0.1, 0.15) is 10.8 Å². The van der Waals surface area contributed by atoms with Crippen LogP contribution < -0.4 is 0 Å². The number of esters is 4. The zero-order chi connectivity index (χ0) is 28.9. The van der Waals surface area contributed by atoms with Crippen molar-refractivity contribution in [2.45, 2.75) is 11.9 Å². The molecule has 0 rings (SSSR count). The topological polar surface area (TPSA) is 236 Å². The van der Waals surface area contributed by atoms with E-state index in [0.717, 1.165) is 0 Å². The Morgan fingerprint density at radius 2 is 0.676 bits per heavy atom. The maximum atomic E-state index is 12.3. The van der Waals surface area contributed by atoms with Crippen molar-refractivity contribution < 1.29 is 73.5 Å². The maximum Gasteiger partial charge on any atom is 0.395 e. The summed E-state index contributed by atoms with van der Waals surface area (Å²) in [5.74, 6) is -13.3. The molecule has 0 aliphatic carbocycles. The van der Waals surface area contributed by atoms with Crippen LogP contribution in [0.3, 0.4) is 0 Å². The molecule has 208 valence electrons. The van der Waals surface area contributed by atoms with Crippen LogP contribution >= 0.6 is 0 Å². The minimum atomic E-state index is -3.63. The van der Waals surface area contributed by atoms with Crippen LogP contribution in [0.15, 0.2) is 50.6 Å². The van der Waals surface area contributed by atoms with Crippen LogP contribution in [0.2, 0.25) is 0 Å². The second-order valence-electron chi connectivity index (χ2n) is 7.22. The van der Waals surface area contributed by atoms with E-state index in [0.29, 0.717) is 24.3 Å². The summed E-state index contributed by atoms with van der Waals surface area (Å²) in [6, 6.07) is 0. The third-order valence-corrected chi connectivity index (χ3v) is 4.99. The SMILES string of the molecule is C=CC(=O)OC(OC(=O)C=C)(OC(OC(=O)C=C)(OC(=O)C=C)C(CO)(CO)CO)C(CO)(CO)CO. The van der Waals surface area contributed by atoms with E-state index in [2.05, 4.69) is 26.3 Å². The fourth-order valence-electron chi connectivity index (χ4n) is 2.53. The molecule has 0 radical (unpaired) electrons. The monoisotopic (exact) mass is 534 g/mol. The highest BCUT2D eigenvalue weighted by Crippen LogP contribution is 2.47. The van der Waals surface area contributed by atoms with Gasteiger partial charge in [0.05, 0.1) is 39.6 Å². The highest BCUT2D eigenvalue weighted by Gasteiger charge is 2.70. The van der Waals surface area contributed by atoms with Gasteiger partial charge in [0.25, 0.3) is 0 Å². The Kier molecular flexibility index (Phi) is 13.0. The zero-order valence-corrected chi connectivity index (χ0v) is 19.7. The van der Waals surface area contributed by atoms with Gasteiger partial charge in [-0.1, -0.05) is 26.3 Å². The van der Waals surface area contributed by atoms with Gasteiger partial charge in [-0.2, -0.15) is 0 Å². The average Bonchev–Trinajstić information content (AvgIpc) is 2.90. The van der Waals surface area contributed by atoms with Gasteiger partial charge >= 0.3 is 35.8 Å². The highest BCUT2D eigenvalue weighted by atomic mass is 17.0. The van der Waals surface area contributed by atoms with Crippen molar-refractivity contribution >= 4 is 23.9 Å². The highest BCUT2D eigenvalue weighted by molar-refractivity contribution is 5.84. The van der Waals surface area contributed by atoms with Gasteiger partial charge < -0.3 is 49.6 Å². The van der Waals surface area contributed by atoms with Crippen LogP contribution in [0.25, 0.3) is 0 Å². The molecule has 0 aromatic carbocycles. The van der Waals surface area contributed by atoms with E-state index in [1.54, 1.807) is 0 Å². The van der Waals surface area contributed by atoms with Gasteiger partial charge in [-0.15, -0.1) is 0 Å². The van der Waals surface area contributed by atoms with E-state index in [1.165, 1.54) is 0 Å². The van der Waals surface area contributed by atoms with Crippen LogP contribution in [0, 0.1) is 10.8 Å². The normalized spacial score (nSPS) is 12.1. The molecule has 0 amide bonds. The molecule has 15 heteroatoms. The van der Waals surface area contributed by atoms with Crippen LogP contribution in [0.1, 0.15) is 0 Å². The Morgan fingerprint density at radius 3 is 0.811 bits per heavy atom. The first-order valence-corrected chi connectivity index (χ1v) is 10.2. The molecule has 0 saturated heterocycles. The lowest BCUT2D eigenvalue weighted by Crippen LogP contribution is -2.70. The van der Waals surface area contributed by atoms with E-state index in [9.17, 15) is 49.8 Å². The summed E-state index contributed by atoms with van der Waals surface area (Å²) < 4.78 is 25.4. The fourth-order valence-corrected chi connectivity index (χ4v) is 2.53. The van der Waals surface area contributed by atoms with E-state index in [4.69, 9.17) is 23.7 Å². The molecule has 0 aromatic heterocycles. The van der Waals surface area contributed by atoms with Crippen molar-refractivity contribution in [3.05, 3.63) is 50.6 Å². The second kappa shape index (κ2) is 14.3. The molecular weight excluding hydrogens is 504 g/mol. The molecule has 6 N–H and O–H groups in total. The van der Waals surface area contributed by atoms with Crippen LogP contribution in [0.4, 0.5) is 0 Å². The lowest BCUT2D eigenvalue weighted by atomic mass is 9.84. The quantitative estimate of drug-likeness (QED) is 0.0590. The first-order chi connectivity index (χ1) is 17.4. The number of hydrogen-bond donors (Lipinski definition) is 6. The molecule has 0 aliphatic rings. The summed E-state index contributed by atoms with van der Waals surface area (Å²) in [6.45, 7) is 4.00. The minimum absolute atomic E-state index is 0.474. The van der Waals surface area contributed by atoms with E-state index < -0.39 is 86.3 Å². The number of ether oxygens (including phenoxy) is 5. The summed E-state index contributed by atoms with van der Waals surface area (Å²) in [6.07, 6.45) is 1.89. The van der Waals surface area contributed by atoms with Crippen molar-refractivity contribution in [2.24, 2.45) is 10.8 Å². The Balaban J connectivity index is 7.96. The summed E-state index contributed by atoms with van der Waals surface area (Å²) >= 11 is 0. The Labute approximate surface area is 211 Å².